The van der Waals surface area contributed by atoms with E-state index in [-0.39, 0.29) is 5.41 Å². The van der Waals surface area contributed by atoms with Crippen LogP contribution in [-0.4, -0.2) is 49.4 Å². The monoisotopic (exact) mass is 329 g/mol. The molecule has 1 atom stereocenters. The fourth-order valence-electron chi connectivity index (χ4n) is 3.08. The lowest BCUT2D eigenvalue weighted by Crippen LogP contribution is -2.37. The van der Waals surface area contributed by atoms with Crippen LogP contribution in [0.1, 0.15) is 38.2 Å². The Kier molecular flexibility index (Phi) is 6.84. The summed E-state index contributed by atoms with van der Waals surface area (Å²) in [5.74, 6) is 0.391. The van der Waals surface area contributed by atoms with E-state index in [9.17, 15) is 13.5 Å². The van der Waals surface area contributed by atoms with E-state index in [4.69, 9.17) is 4.55 Å². The zero-order chi connectivity index (χ0) is 16.8. The summed E-state index contributed by atoms with van der Waals surface area (Å²) < 4.78 is 25.9. The van der Waals surface area contributed by atoms with Gasteiger partial charge < -0.3 is 10.0 Å². The van der Waals surface area contributed by atoms with Crippen LogP contribution in [0.25, 0.3) is 0 Å². The molecule has 1 aliphatic heterocycles. The maximum atomic E-state index is 9.68. The molecule has 0 aliphatic carbocycles. The second kappa shape index (κ2) is 7.94. The van der Waals surface area contributed by atoms with Crippen LogP contribution in [0.3, 0.4) is 0 Å². The van der Waals surface area contributed by atoms with Crippen LogP contribution in [0.4, 0.5) is 0 Å². The minimum atomic E-state index is -3.67. The number of hydrogen-bond donors (Lipinski definition) is 2. The number of likely N-dealkylation sites (N-methyl/N-ethyl adjacent to an activating group) is 1. The summed E-state index contributed by atoms with van der Waals surface area (Å²) in [6, 6.07) is 7.84. The Morgan fingerprint density at radius 1 is 1.32 bits per heavy atom. The standard InChI is InChI=1S/C15H23NO.CH4O3S/c1-3-15(9-4-5-10-16(2)12-15)13-7-6-8-14(17)11-13;1-5(2,3)4/h6-8,11,17H,3-5,9-10,12H2,1-2H3;1H3,(H,2,3,4). The number of aromatic hydroxyl groups is 1. The Balaban J connectivity index is 0.000000422. The number of benzene rings is 1. The molecule has 1 aliphatic rings. The number of nitrogens with zero attached hydrogens (tertiary/aromatic N) is 1. The van der Waals surface area contributed by atoms with E-state index in [1.165, 1.54) is 31.4 Å². The molecule has 5 nitrogen and oxygen atoms in total. The number of hydrogen-bond acceptors (Lipinski definition) is 4. The summed E-state index contributed by atoms with van der Waals surface area (Å²) in [6.07, 6.45) is 5.66. The average molecular weight is 329 g/mol. The van der Waals surface area contributed by atoms with Crippen molar-refractivity contribution in [3.05, 3.63) is 29.8 Å². The Bertz CT molecular complexity index is 565. The van der Waals surface area contributed by atoms with Gasteiger partial charge in [0, 0.05) is 12.0 Å². The van der Waals surface area contributed by atoms with E-state index in [0.29, 0.717) is 12.0 Å². The first kappa shape index (κ1) is 18.9. The van der Waals surface area contributed by atoms with Crippen molar-refractivity contribution in [1.82, 2.24) is 4.90 Å². The van der Waals surface area contributed by atoms with Crippen LogP contribution in [0, 0.1) is 0 Å². The molecule has 0 bridgehead atoms. The summed E-state index contributed by atoms with van der Waals surface area (Å²) in [5.41, 5.74) is 1.53. The predicted octanol–water partition coefficient (Wildman–Crippen LogP) is 2.66. The van der Waals surface area contributed by atoms with Crippen molar-refractivity contribution >= 4 is 10.1 Å². The lowest BCUT2D eigenvalue weighted by molar-refractivity contribution is 0.256. The number of rotatable bonds is 2. The molecule has 1 aromatic carbocycles. The second-order valence-electron chi connectivity index (χ2n) is 6.11. The summed E-state index contributed by atoms with van der Waals surface area (Å²) in [6.45, 7) is 4.57. The van der Waals surface area contributed by atoms with Gasteiger partial charge in [-0.3, -0.25) is 4.55 Å². The Morgan fingerprint density at radius 3 is 2.50 bits per heavy atom. The molecule has 1 heterocycles. The highest BCUT2D eigenvalue weighted by Crippen LogP contribution is 2.37. The van der Waals surface area contributed by atoms with Crippen molar-refractivity contribution in [3.63, 3.8) is 0 Å². The highest BCUT2D eigenvalue weighted by molar-refractivity contribution is 7.85. The zero-order valence-electron chi connectivity index (χ0n) is 13.6. The van der Waals surface area contributed by atoms with Gasteiger partial charge in [0.1, 0.15) is 5.75 Å². The van der Waals surface area contributed by atoms with Crippen molar-refractivity contribution in [2.75, 3.05) is 26.4 Å². The molecule has 1 saturated heterocycles. The molecular formula is C16H27NO4S. The van der Waals surface area contributed by atoms with Crippen LogP contribution in [-0.2, 0) is 15.5 Å². The number of phenols is 1. The molecule has 0 amide bonds. The smallest absolute Gasteiger partial charge is 0.261 e. The molecule has 6 heteroatoms. The predicted molar refractivity (Wildman–Crippen MR) is 88.9 cm³/mol. The first-order chi connectivity index (χ1) is 10.2. The minimum absolute atomic E-state index is 0.226. The van der Waals surface area contributed by atoms with Gasteiger partial charge in [0.15, 0.2) is 0 Å². The molecule has 22 heavy (non-hydrogen) atoms. The Hall–Kier alpha value is -1.11. The molecule has 1 fully saturated rings. The first-order valence-electron chi connectivity index (χ1n) is 7.57. The molecule has 0 radical (unpaired) electrons. The van der Waals surface area contributed by atoms with Crippen LogP contribution in [0.5, 0.6) is 5.75 Å². The molecular weight excluding hydrogens is 302 g/mol. The lowest BCUT2D eigenvalue weighted by atomic mass is 9.74. The highest BCUT2D eigenvalue weighted by atomic mass is 32.2. The van der Waals surface area contributed by atoms with Gasteiger partial charge in [0.2, 0.25) is 0 Å². The van der Waals surface area contributed by atoms with Crippen LogP contribution < -0.4 is 0 Å². The third-order valence-electron chi connectivity index (χ3n) is 4.15. The van der Waals surface area contributed by atoms with E-state index in [2.05, 4.69) is 24.9 Å². The topological polar surface area (TPSA) is 77.8 Å². The molecule has 0 spiro atoms. The summed E-state index contributed by atoms with van der Waals surface area (Å²) in [4.78, 5) is 2.43. The maximum absolute atomic E-state index is 9.68. The van der Waals surface area contributed by atoms with Crippen molar-refractivity contribution in [2.24, 2.45) is 0 Å². The van der Waals surface area contributed by atoms with Crippen LogP contribution >= 0.6 is 0 Å². The largest absolute Gasteiger partial charge is 0.508 e. The third-order valence-corrected chi connectivity index (χ3v) is 4.15. The van der Waals surface area contributed by atoms with Gasteiger partial charge in [-0.1, -0.05) is 25.5 Å². The van der Waals surface area contributed by atoms with Crippen molar-refractivity contribution in [1.29, 1.82) is 0 Å². The van der Waals surface area contributed by atoms with Gasteiger partial charge in [-0.05, 0) is 50.6 Å². The van der Waals surface area contributed by atoms with Crippen molar-refractivity contribution < 1.29 is 18.1 Å². The Labute approximate surface area is 133 Å². The second-order valence-corrected chi connectivity index (χ2v) is 7.58. The molecule has 1 unspecified atom stereocenters. The normalized spacial score (nSPS) is 23.3. The summed E-state index contributed by atoms with van der Waals surface area (Å²) in [7, 11) is -1.46. The minimum Gasteiger partial charge on any atom is -0.508 e. The lowest BCUT2D eigenvalue weighted by Gasteiger charge is -2.35. The Morgan fingerprint density at radius 2 is 1.95 bits per heavy atom. The molecule has 2 rings (SSSR count). The van der Waals surface area contributed by atoms with E-state index >= 15 is 0 Å². The van der Waals surface area contributed by atoms with Crippen molar-refractivity contribution in [2.45, 2.75) is 38.0 Å². The van der Waals surface area contributed by atoms with E-state index < -0.39 is 10.1 Å². The molecule has 0 aromatic heterocycles. The van der Waals surface area contributed by atoms with Crippen molar-refractivity contribution in [3.8, 4) is 5.75 Å². The first-order valence-corrected chi connectivity index (χ1v) is 9.41. The molecule has 0 saturated carbocycles. The zero-order valence-corrected chi connectivity index (χ0v) is 14.4. The van der Waals surface area contributed by atoms with Gasteiger partial charge in [-0.15, -0.1) is 0 Å². The van der Waals surface area contributed by atoms with Gasteiger partial charge >= 0.3 is 0 Å². The fraction of sp³-hybridized carbons (Fsp3) is 0.625. The maximum Gasteiger partial charge on any atom is 0.261 e. The van der Waals surface area contributed by atoms with E-state index in [1.54, 1.807) is 6.07 Å². The van der Waals surface area contributed by atoms with Gasteiger partial charge in [-0.25, -0.2) is 0 Å². The van der Waals surface area contributed by atoms with E-state index in [0.717, 1.165) is 13.0 Å². The SMILES string of the molecule is CCC1(c2cccc(O)c2)CCCCN(C)C1.CS(=O)(=O)O. The quantitative estimate of drug-likeness (QED) is 0.816. The van der Waals surface area contributed by atoms with E-state index in [1.807, 2.05) is 12.1 Å². The number of phenolic OH excluding ortho intramolecular Hbond substituents is 1. The summed E-state index contributed by atoms with van der Waals surface area (Å²) >= 11 is 0. The fourth-order valence-corrected chi connectivity index (χ4v) is 3.08. The van der Waals surface area contributed by atoms with Gasteiger partial charge in [0.25, 0.3) is 10.1 Å². The van der Waals surface area contributed by atoms with Gasteiger partial charge in [0.05, 0.1) is 6.26 Å². The van der Waals surface area contributed by atoms with Crippen LogP contribution in [0.2, 0.25) is 0 Å². The highest BCUT2D eigenvalue weighted by Gasteiger charge is 2.33. The third kappa shape index (κ3) is 6.34. The molecule has 1 aromatic rings. The molecule has 2 N–H and O–H groups in total. The van der Waals surface area contributed by atoms with Gasteiger partial charge in [-0.2, -0.15) is 8.42 Å². The van der Waals surface area contributed by atoms with Crippen LogP contribution in [0.15, 0.2) is 24.3 Å². The number of likely N-dealkylation sites (tertiary alicyclic amines) is 1. The summed E-state index contributed by atoms with van der Waals surface area (Å²) in [5, 5.41) is 9.68. The molecule has 126 valence electrons. The average Bonchev–Trinajstić information content (AvgIpc) is 2.59.